The van der Waals surface area contributed by atoms with Crippen LogP contribution in [-0.2, 0) is 6.42 Å². The van der Waals surface area contributed by atoms with Crippen molar-refractivity contribution in [3.8, 4) is 5.88 Å². The number of anilines is 1. The standard InChI is InChI=1S/C21H19N5O/c27-20-18(11-14-12-23-19-16(14)8-4-10-22-19)25-21(26-20)24-17-9-3-6-13-5-1-2-7-15(13)17/h1-2,4-5,7-8,10-12,17,27H,3,6,9H2,(H2,24,25,26)/b14-11+. The minimum absolute atomic E-state index is 0.0279. The zero-order chi connectivity index (χ0) is 18.2. The van der Waals surface area contributed by atoms with Gasteiger partial charge in [0.1, 0.15) is 5.69 Å². The summed E-state index contributed by atoms with van der Waals surface area (Å²) in [5, 5.41) is 13.7. The number of benzene rings is 1. The van der Waals surface area contributed by atoms with Gasteiger partial charge in [-0.2, -0.15) is 4.98 Å². The maximum Gasteiger partial charge on any atom is 0.238 e. The van der Waals surface area contributed by atoms with Crippen LogP contribution in [-0.4, -0.2) is 26.3 Å². The number of nitrogens with zero attached hydrogens (tertiary/aromatic N) is 3. The van der Waals surface area contributed by atoms with Gasteiger partial charge in [0.05, 0.1) is 6.04 Å². The van der Waals surface area contributed by atoms with Crippen molar-refractivity contribution in [2.75, 3.05) is 5.32 Å². The highest BCUT2D eigenvalue weighted by Gasteiger charge is 2.21. The second-order valence-corrected chi connectivity index (χ2v) is 6.84. The van der Waals surface area contributed by atoms with Crippen LogP contribution in [0.4, 0.5) is 11.8 Å². The largest absolute Gasteiger partial charge is 0.492 e. The van der Waals surface area contributed by atoms with E-state index in [1.54, 1.807) is 12.4 Å². The lowest BCUT2D eigenvalue weighted by atomic mass is 9.88. The molecular formula is C21H19N5O. The summed E-state index contributed by atoms with van der Waals surface area (Å²) in [4.78, 5) is 16.0. The number of aromatic nitrogens is 3. The number of nitrogens with one attached hydrogen (secondary N) is 2. The molecule has 0 spiro atoms. The van der Waals surface area contributed by atoms with E-state index in [4.69, 9.17) is 0 Å². The minimum atomic E-state index is -0.0279. The monoisotopic (exact) mass is 357 g/mol. The molecule has 0 fully saturated rings. The van der Waals surface area contributed by atoms with Crippen molar-refractivity contribution in [3.63, 3.8) is 0 Å². The highest BCUT2D eigenvalue weighted by Crippen LogP contribution is 2.34. The van der Waals surface area contributed by atoms with Crippen molar-refractivity contribution in [2.45, 2.75) is 25.3 Å². The summed E-state index contributed by atoms with van der Waals surface area (Å²) < 4.78 is 0. The first-order valence-electron chi connectivity index (χ1n) is 9.12. The molecule has 0 bridgehead atoms. The third-order valence-corrected chi connectivity index (χ3v) is 5.12. The van der Waals surface area contributed by atoms with Gasteiger partial charge in [0, 0.05) is 23.5 Å². The molecule has 1 unspecified atom stereocenters. The zero-order valence-corrected chi connectivity index (χ0v) is 14.7. The van der Waals surface area contributed by atoms with Gasteiger partial charge in [-0.25, -0.2) is 9.98 Å². The SMILES string of the molecule is Oc1nc(NC2CCCc3ccccc32)[nH]c1/C=C1\C=Nc2ncccc21. The Morgan fingerprint density at radius 2 is 2.11 bits per heavy atom. The van der Waals surface area contributed by atoms with Gasteiger partial charge in [-0.1, -0.05) is 24.3 Å². The molecule has 1 atom stereocenters. The summed E-state index contributed by atoms with van der Waals surface area (Å²) in [5.74, 6) is 1.24. The molecule has 1 aliphatic heterocycles. The zero-order valence-electron chi connectivity index (χ0n) is 14.7. The molecular weight excluding hydrogens is 338 g/mol. The third-order valence-electron chi connectivity index (χ3n) is 5.12. The average Bonchev–Trinajstić information content (AvgIpc) is 3.26. The van der Waals surface area contributed by atoms with Gasteiger partial charge in [0.15, 0.2) is 5.82 Å². The molecule has 0 amide bonds. The van der Waals surface area contributed by atoms with E-state index in [0.29, 0.717) is 17.5 Å². The summed E-state index contributed by atoms with van der Waals surface area (Å²) in [5.41, 5.74) is 5.08. The van der Waals surface area contributed by atoms with Gasteiger partial charge in [0.2, 0.25) is 11.8 Å². The summed E-state index contributed by atoms with van der Waals surface area (Å²) in [6.07, 6.45) is 8.61. The lowest BCUT2D eigenvalue weighted by molar-refractivity contribution is 0.455. The molecule has 1 aliphatic carbocycles. The highest BCUT2D eigenvalue weighted by molar-refractivity contribution is 6.20. The van der Waals surface area contributed by atoms with Crippen molar-refractivity contribution >= 4 is 29.6 Å². The first-order chi connectivity index (χ1) is 13.3. The molecule has 2 aliphatic rings. The molecule has 5 rings (SSSR count). The predicted molar refractivity (Wildman–Crippen MR) is 106 cm³/mol. The van der Waals surface area contributed by atoms with Crippen molar-refractivity contribution in [1.82, 2.24) is 15.0 Å². The van der Waals surface area contributed by atoms with Gasteiger partial charge in [-0.05, 0) is 48.6 Å². The van der Waals surface area contributed by atoms with E-state index >= 15 is 0 Å². The second-order valence-electron chi connectivity index (χ2n) is 6.84. The number of allylic oxidation sites excluding steroid dienone is 1. The van der Waals surface area contributed by atoms with E-state index < -0.39 is 0 Å². The quantitative estimate of drug-likeness (QED) is 0.654. The Hall–Kier alpha value is -3.41. The van der Waals surface area contributed by atoms with Crippen LogP contribution in [0.3, 0.4) is 0 Å². The Kier molecular flexibility index (Phi) is 3.74. The predicted octanol–water partition coefficient (Wildman–Crippen LogP) is 4.26. The van der Waals surface area contributed by atoms with Crippen LogP contribution in [0.15, 0.2) is 47.6 Å². The van der Waals surface area contributed by atoms with Crippen LogP contribution >= 0.6 is 0 Å². The molecule has 134 valence electrons. The van der Waals surface area contributed by atoms with Crippen molar-refractivity contribution in [1.29, 1.82) is 0 Å². The third kappa shape index (κ3) is 2.89. The highest BCUT2D eigenvalue weighted by atomic mass is 16.3. The topological polar surface area (TPSA) is 86.2 Å². The fourth-order valence-corrected chi connectivity index (χ4v) is 3.81. The maximum absolute atomic E-state index is 10.3. The number of hydrogen-bond donors (Lipinski definition) is 3. The number of fused-ring (bicyclic) bond motifs is 2. The van der Waals surface area contributed by atoms with Crippen LogP contribution in [0.5, 0.6) is 5.88 Å². The van der Waals surface area contributed by atoms with Gasteiger partial charge in [0.25, 0.3) is 0 Å². The summed E-state index contributed by atoms with van der Waals surface area (Å²) in [6.45, 7) is 0. The molecule has 3 N–H and O–H groups in total. The maximum atomic E-state index is 10.3. The molecule has 3 aromatic rings. The van der Waals surface area contributed by atoms with E-state index in [2.05, 4.69) is 49.5 Å². The first kappa shape index (κ1) is 15.8. The van der Waals surface area contributed by atoms with Gasteiger partial charge in [-0.15, -0.1) is 0 Å². The number of aliphatic imine (C=N–C) groups is 1. The molecule has 1 aromatic carbocycles. The first-order valence-corrected chi connectivity index (χ1v) is 9.12. The van der Waals surface area contributed by atoms with E-state index in [9.17, 15) is 5.11 Å². The van der Waals surface area contributed by atoms with Crippen LogP contribution in [0.25, 0.3) is 11.6 Å². The van der Waals surface area contributed by atoms with Crippen LogP contribution in [0.2, 0.25) is 0 Å². The number of H-pyrrole nitrogens is 1. The number of pyridine rings is 1. The van der Waals surface area contributed by atoms with Crippen molar-refractivity contribution in [2.24, 2.45) is 4.99 Å². The lowest BCUT2D eigenvalue weighted by Crippen LogP contribution is -2.17. The van der Waals surface area contributed by atoms with Gasteiger partial charge in [-0.3, -0.25) is 0 Å². The second kappa shape index (κ2) is 6.39. The molecule has 2 aromatic heterocycles. The Balaban J connectivity index is 1.42. The number of hydrogen-bond acceptors (Lipinski definition) is 5. The Morgan fingerprint density at radius 1 is 1.19 bits per heavy atom. The van der Waals surface area contributed by atoms with E-state index in [-0.39, 0.29) is 11.9 Å². The fourth-order valence-electron chi connectivity index (χ4n) is 3.81. The summed E-state index contributed by atoms with van der Waals surface area (Å²) in [6, 6.07) is 12.5. The Bertz CT molecular complexity index is 1070. The Labute approximate surface area is 156 Å². The van der Waals surface area contributed by atoms with Crippen LogP contribution in [0, 0.1) is 0 Å². The van der Waals surface area contributed by atoms with Crippen molar-refractivity contribution < 1.29 is 5.11 Å². The van der Waals surface area contributed by atoms with E-state index in [1.807, 2.05) is 18.2 Å². The fraction of sp³-hybridized carbons (Fsp3) is 0.190. The lowest BCUT2D eigenvalue weighted by Gasteiger charge is -2.26. The molecule has 0 radical (unpaired) electrons. The molecule has 3 heterocycles. The van der Waals surface area contributed by atoms with Gasteiger partial charge >= 0.3 is 0 Å². The van der Waals surface area contributed by atoms with Gasteiger partial charge < -0.3 is 15.4 Å². The van der Waals surface area contributed by atoms with Crippen LogP contribution in [0.1, 0.15) is 41.3 Å². The van der Waals surface area contributed by atoms with Crippen LogP contribution < -0.4 is 5.32 Å². The van der Waals surface area contributed by atoms with E-state index in [0.717, 1.165) is 30.4 Å². The number of aromatic hydroxyl groups is 1. The molecule has 0 saturated carbocycles. The molecule has 27 heavy (non-hydrogen) atoms. The summed E-state index contributed by atoms with van der Waals surface area (Å²) >= 11 is 0. The number of imidazole rings is 1. The molecule has 6 heteroatoms. The number of rotatable bonds is 3. The summed E-state index contributed by atoms with van der Waals surface area (Å²) in [7, 11) is 0. The Morgan fingerprint density at radius 3 is 3.07 bits per heavy atom. The van der Waals surface area contributed by atoms with Crippen molar-refractivity contribution in [3.05, 3.63) is 65.0 Å². The average molecular weight is 357 g/mol. The normalized spacial score (nSPS) is 19.1. The van der Waals surface area contributed by atoms with E-state index in [1.165, 1.54) is 11.1 Å². The minimum Gasteiger partial charge on any atom is -0.492 e. The molecule has 0 saturated heterocycles. The smallest absolute Gasteiger partial charge is 0.238 e. The number of aryl methyl sites for hydroxylation is 1. The number of aromatic amines is 1. The molecule has 6 nitrogen and oxygen atoms in total.